The maximum absolute atomic E-state index is 11.6. The van der Waals surface area contributed by atoms with Crippen LogP contribution in [0.25, 0.3) is 5.65 Å². The summed E-state index contributed by atoms with van der Waals surface area (Å²) in [6, 6.07) is 0.186. The van der Waals surface area contributed by atoms with Gasteiger partial charge in [0.1, 0.15) is 17.8 Å². The lowest BCUT2D eigenvalue weighted by Crippen LogP contribution is -2.32. The second-order valence-corrected chi connectivity index (χ2v) is 7.61. The molecular formula is C13H18N6O4S. The van der Waals surface area contributed by atoms with Crippen LogP contribution >= 0.6 is 0 Å². The third-order valence-electron chi connectivity index (χ3n) is 4.18. The van der Waals surface area contributed by atoms with Crippen LogP contribution in [0.3, 0.4) is 0 Å². The Morgan fingerprint density at radius 3 is 2.79 bits per heavy atom. The van der Waals surface area contributed by atoms with E-state index in [9.17, 15) is 18.5 Å². The van der Waals surface area contributed by atoms with Gasteiger partial charge in [0.15, 0.2) is 0 Å². The fraction of sp³-hybridized carbons (Fsp3) is 0.538. The molecule has 2 aromatic heterocycles. The smallest absolute Gasteiger partial charge is 0.333 e. The first kappa shape index (κ1) is 16.4. The molecule has 0 aromatic carbocycles. The standard InChI is InChI=1S/C13H18N6O4S/c1-4-8(2)17-6-5-9-11(16-24(3,22)23)15-12-10(19(20)21)7-14-18(12)13(9)17/h7-8H,4-6H2,1-3H3,(H,15,16). The van der Waals surface area contributed by atoms with Gasteiger partial charge in [0.2, 0.25) is 15.7 Å². The lowest BCUT2D eigenvalue weighted by Gasteiger charge is -2.26. The second kappa shape index (κ2) is 5.58. The van der Waals surface area contributed by atoms with Gasteiger partial charge in [-0.15, -0.1) is 0 Å². The molecule has 0 bridgehead atoms. The molecule has 0 aliphatic carbocycles. The van der Waals surface area contributed by atoms with Gasteiger partial charge in [0.25, 0.3) is 0 Å². The zero-order valence-electron chi connectivity index (χ0n) is 13.6. The molecule has 130 valence electrons. The van der Waals surface area contributed by atoms with E-state index in [1.165, 1.54) is 4.52 Å². The number of fused-ring (bicyclic) bond motifs is 3. The van der Waals surface area contributed by atoms with Gasteiger partial charge in [-0.05, 0) is 19.8 Å². The highest BCUT2D eigenvalue weighted by Gasteiger charge is 2.32. The maximum Gasteiger partial charge on any atom is 0.333 e. The molecule has 1 atom stereocenters. The van der Waals surface area contributed by atoms with Gasteiger partial charge in [-0.3, -0.25) is 14.8 Å². The van der Waals surface area contributed by atoms with Gasteiger partial charge in [-0.2, -0.15) is 9.61 Å². The number of nitro groups is 1. The average Bonchev–Trinajstić information content (AvgIpc) is 3.08. The first-order valence-electron chi connectivity index (χ1n) is 7.52. The summed E-state index contributed by atoms with van der Waals surface area (Å²) in [5.74, 6) is 0.794. The molecule has 1 aliphatic rings. The van der Waals surface area contributed by atoms with E-state index in [-0.39, 0.29) is 23.2 Å². The van der Waals surface area contributed by atoms with Crippen molar-refractivity contribution in [1.29, 1.82) is 0 Å². The Morgan fingerprint density at radius 1 is 1.50 bits per heavy atom. The van der Waals surface area contributed by atoms with Gasteiger partial charge in [0.05, 0.1) is 11.2 Å². The van der Waals surface area contributed by atoms with E-state index in [0.717, 1.165) is 18.9 Å². The quantitative estimate of drug-likeness (QED) is 0.631. The minimum absolute atomic E-state index is 0.0279. The fourth-order valence-electron chi connectivity index (χ4n) is 2.90. The van der Waals surface area contributed by atoms with E-state index in [1.807, 2.05) is 13.8 Å². The number of nitrogens with zero attached hydrogens (tertiary/aromatic N) is 5. The summed E-state index contributed by atoms with van der Waals surface area (Å²) in [7, 11) is -3.56. The zero-order chi connectivity index (χ0) is 17.6. The zero-order valence-corrected chi connectivity index (χ0v) is 14.4. The molecule has 24 heavy (non-hydrogen) atoms. The van der Waals surface area contributed by atoms with Gasteiger partial charge < -0.3 is 4.90 Å². The summed E-state index contributed by atoms with van der Waals surface area (Å²) >= 11 is 0. The second-order valence-electron chi connectivity index (χ2n) is 5.86. The van der Waals surface area contributed by atoms with Crippen LogP contribution in [-0.2, 0) is 16.4 Å². The van der Waals surface area contributed by atoms with Crippen molar-refractivity contribution in [1.82, 2.24) is 14.6 Å². The van der Waals surface area contributed by atoms with Gasteiger partial charge in [-0.1, -0.05) is 6.92 Å². The van der Waals surface area contributed by atoms with E-state index in [1.54, 1.807) is 0 Å². The molecule has 0 saturated carbocycles. The summed E-state index contributed by atoms with van der Waals surface area (Å²) in [4.78, 5) is 16.9. The van der Waals surface area contributed by atoms with Crippen molar-refractivity contribution in [2.24, 2.45) is 0 Å². The number of aromatic nitrogens is 3. The molecule has 1 unspecified atom stereocenters. The van der Waals surface area contributed by atoms with Crippen LogP contribution in [0.2, 0.25) is 0 Å². The van der Waals surface area contributed by atoms with Gasteiger partial charge in [-0.25, -0.2) is 13.4 Å². The molecule has 1 aliphatic heterocycles. The van der Waals surface area contributed by atoms with Gasteiger partial charge in [0, 0.05) is 18.2 Å². The van der Waals surface area contributed by atoms with Crippen LogP contribution in [0.5, 0.6) is 0 Å². The van der Waals surface area contributed by atoms with E-state index >= 15 is 0 Å². The number of hydrogen-bond donors (Lipinski definition) is 1. The lowest BCUT2D eigenvalue weighted by molar-refractivity contribution is -0.383. The average molecular weight is 354 g/mol. The predicted molar refractivity (Wildman–Crippen MR) is 88.9 cm³/mol. The molecule has 11 heteroatoms. The van der Waals surface area contributed by atoms with Crippen LogP contribution in [-0.4, -0.2) is 46.8 Å². The highest BCUT2D eigenvalue weighted by atomic mass is 32.2. The van der Waals surface area contributed by atoms with Crippen LogP contribution in [0.1, 0.15) is 25.8 Å². The highest BCUT2D eigenvalue weighted by molar-refractivity contribution is 7.92. The molecule has 3 rings (SSSR count). The largest absolute Gasteiger partial charge is 0.353 e. The van der Waals surface area contributed by atoms with E-state index in [2.05, 4.69) is 19.7 Å². The van der Waals surface area contributed by atoms with Crippen molar-refractivity contribution < 1.29 is 13.3 Å². The Labute approximate surface area is 138 Å². The number of rotatable bonds is 5. The number of anilines is 2. The first-order chi connectivity index (χ1) is 11.2. The van der Waals surface area contributed by atoms with Crippen LogP contribution in [0.4, 0.5) is 17.3 Å². The van der Waals surface area contributed by atoms with Crippen molar-refractivity contribution in [3.8, 4) is 0 Å². The normalized spacial score (nSPS) is 15.5. The first-order valence-corrected chi connectivity index (χ1v) is 9.41. The molecule has 0 saturated heterocycles. The SMILES string of the molecule is CCC(C)N1CCc2c(NS(C)(=O)=O)nc3c([N+](=O)[O-])cnn3c21. The molecule has 2 aromatic rings. The maximum atomic E-state index is 11.6. The molecular weight excluding hydrogens is 336 g/mol. The Bertz CT molecular complexity index is 922. The van der Waals surface area contributed by atoms with E-state index in [0.29, 0.717) is 24.3 Å². The highest BCUT2D eigenvalue weighted by Crippen LogP contribution is 2.37. The number of hydrogen-bond acceptors (Lipinski definition) is 7. The topological polar surface area (TPSA) is 123 Å². The Kier molecular flexibility index (Phi) is 3.82. The van der Waals surface area contributed by atoms with E-state index < -0.39 is 14.9 Å². The van der Waals surface area contributed by atoms with Crippen molar-refractivity contribution in [2.75, 3.05) is 22.4 Å². The summed E-state index contributed by atoms with van der Waals surface area (Å²) in [5, 5.41) is 15.3. The van der Waals surface area contributed by atoms with Crippen molar-refractivity contribution >= 4 is 33.0 Å². The Hall–Kier alpha value is -2.43. The van der Waals surface area contributed by atoms with Crippen molar-refractivity contribution in [3.05, 3.63) is 21.9 Å². The van der Waals surface area contributed by atoms with E-state index in [4.69, 9.17) is 0 Å². The lowest BCUT2D eigenvalue weighted by atomic mass is 10.2. The minimum Gasteiger partial charge on any atom is -0.353 e. The molecule has 0 fully saturated rings. The fourth-order valence-corrected chi connectivity index (χ4v) is 3.42. The summed E-state index contributed by atoms with van der Waals surface area (Å²) < 4.78 is 27.1. The Balaban J connectivity index is 2.30. The van der Waals surface area contributed by atoms with Crippen molar-refractivity contribution in [3.63, 3.8) is 0 Å². The number of nitrogens with one attached hydrogen (secondary N) is 1. The van der Waals surface area contributed by atoms with Crippen molar-refractivity contribution in [2.45, 2.75) is 32.7 Å². The molecule has 3 heterocycles. The molecule has 1 N–H and O–H groups in total. The van der Waals surface area contributed by atoms with Crippen LogP contribution in [0, 0.1) is 10.1 Å². The van der Waals surface area contributed by atoms with Crippen LogP contribution in [0.15, 0.2) is 6.20 Å². The summed E-state index contributed by atoms with van der Waals surface area (Å²) in [6.45, 7) is 4.77. The minimum atomic E-state index is -3.56. The van der Waals surface area contributed by atoms with Gasteiger partial charge >= 0.3 is 5.69 Å². The molecule has 10 nitrogen and oxygen atoms in total. The molecule has 0 amide bonds. The monoisotopic (exact) mass is 354 g/mol. The summed E-state index contributed by atoms with van der Waals surface area (Å²) in [6.07, 6.45) is 3.63. The predicted octanol–water partition coefficient (Wildman–Crippen LogP) is 1.17. The molecule has 0 spiro atoms. The number of sulfonamides is 1. The molecule has 0 radical (unpaired) electrons. The third kappa shape index (κ3) is 2.64. The third-order valence-corrected chi connectivity index (χ3v) is 4.74. The summed E-state index contributed by atoms with van der Waals surface area (Å²) in [5.41, 5.74) is 0.469. The Morgan fingerprint density at radius 2 is 2.21 bits per heavy atom. The van der Waals surface area contributed by atoms with Crippen LogP contribution < -0.4 is 9.62 Å².